The van der Waals surface area contributed by atoms with Crippen LogP contribution in [0.2, 0.25) is 0 Å². The van der Waals surface area contributed by atoms with Crippen LogP contribution in [0.25, 0.3) is 0 Å². The van der Waals surface area contributed by atoms with E-state index >= 15 is 0 Å². The van der Waals surface area contributed by atoms with Gasteiger partial charge in [0.15, 0.2) is 0 Å². The molecule has 0 saturated carbocycles. The van der Waals surface area contributed by atoms with Gasteiger partial charge in [-0.2, -0.15) is 0 Å². The second kappa shape index (κ2) is 6.23. The van der Waals surface area contributed by atoms with Gasteiger partial charge < -0.3 is 20.5 Å². The van der Waals surface area contributed by atoms with E-state index in [1.165, 1.54) is 4.88 Å². The highest BCUT2D eigenvalue weighted by atomic mass is 32.1. The van der Waals surface area contributed by atoms with Crippen molar-refractivity contribution in [2.45, 2.75) is 25.9 Å². The molecule has 3 unspecified atom stereocenters. The molecule has 7 heteroatoms. The third kappa shape index (κ3) is 3.49. The number of carboxylic acid groups (broad SMARTS) is 1. The Morgan fingerprint density at radius 2 is 2.20 bits per heavy atom. The van der Waals surface area contributed by atoms with Crippen molar-refractivity contribution in [1.82, 2.24) is 10.6 Å². The van der Waals surface area contributed by atoms with Crippen molar-refractivity contribution in [3.05, 3.63) is 21.9 Å². The first-order chi connectivity index (χ1) is 9.47. The van der Waals surface area contributed by atoms with Crippen LogP contribution in [0.15, 0.2) is 12.1 Å². The van der Waals surface area contributed by atoms with Gasteiger partial charge in [0.05, 0.1) is 25.3 Å². The smallest absolute Gasteiger partial charge is 0.315 e. The Morgan fingerprint density at radius 1 is 1.45 bits per heavy atom. The maximum atomic E-state index is 11.9. The van der Waals surface area contributed by atoms with E-state index in [2.05, 4.69) is 10.6 Å². The average molecular weight is 298 g/mol. The van der Waals surface area contributed by atoms with Crippen LogP contribution >= 0.6 is 11.3 Å². The lowest BCUT2D eigenvalue weighted by molar-refractivity contribution is -0.142. The predicted molar refractivity (Wildman–Crippen MR) is 74.9 cm³/mol. The summed E-state index contributed by atoms with van der Waals surface area (Å²) >= 11 is 1.62. The molecule has 0 bridgehead atoms. The van der Waals surface area contributed by atoms with Gasteiger partial charge in [-0.05, 0) is 26.0 Å². The van der Waals surface area contributed by atoms with E-state index in [9.17, 15) is 9.59 Å². The Labute approximate surface area is 121 Å². The molecule has 2 amide bonds. The van der Waals surface area contributed by atoms with Gasteiger partial charge in [0, 0.05) is 9.75 Å². The van der Waals surface area contributed by atoms with Crippen LogP contribution in [0.1, 0.15) is 22.7 Å². The van der Waals surface area contributed by atoms with Gasteiger partial charge in [0.25, 0.3) is 0 Å². The van der Waals surface area contributed by atoms with Crippen LogP contribution in [0.5, 0.6) is 0 Å². The molecular weight excluding hydrogens is 280 g/mol. The van der Waals surface area contributed by atoms with Crippen molar-refractivity contribution < 1.29 is 19.4 Å². The summed E-state index contributed by atoms with van der Waals surface area (Å²) in [6.07, 6.45) is 0. The maximum Gasteiger partial charge on any atom is 0.315 e. The molecule has 20 heavy (non-hydrogen) atoms. The minimum Gasteiger partial charge on any atom is -0.481 e. The molecule has 2 rings (SSSR count). The molecule has 2 heterocycles. The Morgan fingerprint density at radius 3 is 2.80 bits per heavy atom. The topological polar surface area (TPSA) is 87.7 Å². The number of carbonyl (C=O) groups is 2. The minimum atomic E-state index is -0.949. The van der Waals surface area contributed by atoms with E-state index in [1.54, 1.807) is 11.3 Å². The van der Waals surface area contributed by atoms with Crippen molar-refractivity contribution in [1.29, 1.82) is 0 Å². The number of hydrogen-bond donors (Lipinski definition) is 3. The number of nitrogens with one attached hydrogen (secondary N) is 2. The van der Waals surface area contributed by atoms with E-state index < -0.39 is 17.9 Å². The molecule has 1 aliphatic rings. The lowest BCUT2D eigenvalue weighted by Gasteiger charge is -2.18. The number of aryl methyl sites for hydroxylation is 1. The molecule has 0 radical (unpaired) electrons. The molecule has 0 aromatic carbocycles. The summed E-state index contributed by atoms with van der Waals surface area (Å²) in [6.45, 7) is 4.27. The molecule has 3 N–H and O–H groups in total. The molecular formula is C13H18N2O4S. The van der Waals surface area contributed by atoms with E-state index in [0.717, 1.165) is 4.88 Å². The summed E-state index contributed by atoms with van der Waals surface area (Å²) in [5.74, 6) is -1.63. The molecule has 1 aliphatic heterocycles. The van der Waals surface area contributed by atoms with Crippen LogP contribution in [-0.4, -0.2) is 36.4 Å². The Kier molecular flexibility index (Phi) is 4.61. The molecule has 1 aromatic heterocycles. The first kappa shape index (κ1) is 14.8. The molecule has 3 atom stereocenters. The van der Waals surface area contributed by atoms with Crippen LogP contribution in [-0.2, 0) is 9.53 Å². The summed E-state index contributed by atoms with van der Waals surface area (Å²) in [7, 11) is 0. The largest absolute Gasteiger partial charge is 0.481 e. The lowest BCUT2D eigenvalue weighted by atomic mass is 10.0. The number of rotatable bonds is 4. The average Bonchev–Trinajstić information content (AvgIpc) is 2.97. The Bertz CT molecular complexity index is 502. The fourth-order valence-corrected chi connectivity index (χ4v) is 2.98. The van der Waals surface area contributed by atoms with Crippen LogP contribution in [0, 0.1) is 12.8 Å². The number of hydrogen-bond acceptors (Lipinski definition) is 4. The predicted octanol–water partition coefficient (Wildman–Crippen LogP) is 1.52. The van der Waals surface area contributed by atoms with Crippen molar-refractivity contribution in [2.24, 2.45) is 5.92 Å². The first-order valence-electron chi connectivity index (χ1n) is 6.41. The van der Waals surface area contributed by atoms with Crippen molar-refractivity contribution in [3.8, 4) is 0 Å². The van der Waals surface area contributed by atoms with Gasteiger partial charge in [-0.3, -0.25) is 4.79 Å². The second-order valence-corrected chi connectivity index (χ2v) is 6.20. The van der Waals surface area contributed by atoms with Gasteiger partial charge in [-0.15, -0.1) is 11.3 Å². The van der Waals surface area contributed by atoms with Crippen LogP contribution in [0.3, 0.4) is 0 Å². The Balaban J connectivity index is 1.87. The van der Waals surface area contributed by atoms with Gasteiger partial charge >= 0.3 is 12.0 Å². The van der Waals surface area contributed by atoms with Gasteiger partial charge in [-0.25, -0.2) is 4.79 Å². The van der Waals surface area contributed by atoms with Crippen LogP contribution < -0.4 is 10.6 Å². The summed E-state index contributed by atoms with van der Waals surface area (Å²) in [5.41, 5.74) is 0. The summed E-state index contributed by atoms with van der Waals surface area (Å²) < 4.78 is 5.10. The number of aliphatic carboxylic acids is 1. The highest BCUT2D eigenvalue weighted by Crippen LogP contribution is 2.22. The Hall–Kier alpha value is -1.60. The van der Waals surface area contributed by atoms with Crippen molar-refractivity contribution in [3.63, 3.8) is 0 Å². The molecule has 110 valence electrons. The fourth-order valence-electron chi connectivity index (χ4n) is 2.10. The molecule has 0 aliphatic carbocycles. The number of carbonyl (C=O) groups excluding carboxylic acids is 1. The number of urea groups is 1. The number of amides is 2. The first-order valence-corrected chi connectivity index (χ1v) is 7.23. The molecule has 1 fully saturated rings. The minimum absolute atomic E-state index is 0.112. The molecule has 1 saturated heterocycles. The SMILES string of the molecule is Cc1ccc(C(C)NC(=O)NC2COCC2C(=O)O)s1. The summed E-state index contributed by atoms with van der Waals surface area (Å²) in [4.78, 5) is 25.1. The maximum absolute atomic E-state index is 11.9. The normalized spacial score (nSPS) is 23.3. The van der Waals surface area contributed by atoms with Crippen LogP contribution in [0.4, 0.5) is 4.79 Å². The highest BCUT2D eigenvalue weighted by Gasteiger charge is 2.35. The van der Waals surface area contributed by atoms with Crippen molar-refractivity contribution in [2.75, 3.05) is 13.2 Å². The standard InChI is InChI=1S/C13H18N2O4S/c1-7-3-4-11(20-7)8(2)14-13(18)15-10-6-19-5-9(10)12(16)17/h3-4,8-10H,5-6H2,1-2H3,(H,16,17)(H2,14,15,18). The zero-order valence-electron chi connectivity index (χ0n) is 11.4. The van der Waals surface area contributed by atoms with Gasteiger partial charge in [0.1, 0.15) is 5.92 Å². The highest BCUT2D eigenvalue weighted by molar-refractivity contribution is 7.12. The lowest BCUT2D eigenvalue weighted by Crippen LogP contribution is -2.47. The number of thiophene rings is 1. The second-order valence-electron chi connectivity index (χ2n) is 4.88. The molecule has 6 nitrogen and oxygen atoms in total. The quantitative estimate of drug-likeness (QED) is 0.786. The number of ether oxygens (including phenoxy) is 1. The molecule has 1 aromatic rings. The molecule has 0 spiro atoms. The van der Waals surface area contributed by atoms with Gasteiger partial charge in [-0.1, -0.05) is 0 Å². The van der Waals surface area contributed by atoms with E-state index in [-0.39, 0.29) is 25.3 Å². The number of carboxylic acids is 1. The third-order valence-electron chi connectivity index (χ3n) is 3.25. The van der Waals surface area contributed by atoms with Gasteiger partial charge in [0.2, 0.25) is 0 Å². The summed E-state index contributed by atoms with van der Waals surface area (Å²) in [5, 5.41) is 14.5. The van der Waals surface area contributed by atoms with E-state index in [1.807, 2.05) is 26.0 Å². The van der Waals surface area contributed by atoms with E-state index in [4.69, 9.17) is 9.84 Å². The zero-order chi connectivity index (χ0) is 14.7. The van der Waals surface area contributed by atoms with Crippen molar-refractivity contribution >= 4 is 23.3 Å². The fraction of sp³-hybridized carbons (Fsp3) is 0.538. The monoisotopic (exact) mass is 298 g/mol. The third-order valence-corrected chi connectivity index (χ3v) is 4.43. The zero-order valence-corrected chi connectivity index (χ0v) is 12.2. The summed E-state index contributed by atoms with van der Waals surface area (Å²) in [6, 6.07) is 3.01. The van der Waals surface area contributed by atoms with E-state index in [0.29, 0.717) is 0 Å².